The molecule has 0 bridgehead atoms. The van der Waals surface area contributed by atoms with E-state index < -0.39 is 6.17 Å². The second-order valence-electron chi connectivity index (χ2n) is 7.44. The van der Waals surface area contributed by atoms with Crippen molar-refractivity contribution in [3.63, 3.8) is 0 Å². The lowest BCUT2D eigenvalue weighted by molar-refractivity contribution is 0.338. The van der Waals surface area contributed by atoms with Crippen LogP contribution in [0, 0.1) is 19.7 Å². The van der Waals surface area contributed by atoms with Gasteiger partial charge in [-0.05, 0) is 61.9 Å². The predicted octanol–water partition coefficient (Wildman–Crippen LogP) is 5.97. The highest BCUT2D eigenvalue weighted by molar-refractivity contribution is 7.80. The standard InChI is InChI=1S/C23H18ClFN2O2S/c1-12-3-6-16(11-18(12)25)27-21(20-7-4-13(2)28-20)26-22(30)17-10-14-9-15(24)5-8-19(14)29-23(17)27/h3-9,11,21H,10H2,1-2H3,(H,26,30). The molecule has 0 saturated carbocycles. The molecule has 3 aromatic rings. The van der Waals surface area contributed by atoms with Gasteiger partial charge >= 0.3 is 0 Å². The first-order valence-electron chi connectivity index (χ1n) is 9.53. The van der Waals surface area contributed by atoms with Crippen LogP contribution in [-0.2, 0) is 6.42 Å². The summed E-state index contributed by atoms with van der Waals surface area (Å²) in [5.41, 5.74) is 2.98. The molecular formula is C23H18ClFN2O2S. The van der Waals surface area contributed by atoms with Gasteiger partial charge in [0.1, 0.15) is 28.1 Å². The fourth-order valence-corrected chi connectivity index (χ4v) is 4.25. The summed E-state index contributed by atoms with van der Waals surface area (Å²) in [5, 5.41) is 3.98. The monoisotopic (exact) mass is 440 g/mol. The molecule has 2 aliphatic rings. The van der Waals surface area contributed by atoms with Gasteiger partial charge in [0.25, 0.3) is 0 Å². The summed E-state index contributed by atoms with van der Waals surface area (Å²) in [6, 6.07) is 14.4. The molecule has 152 valence electrons. The summed E-state index contributed by atoms with van der Waals surface area (Å²) >= 11 is 11.8. The maximum absolute atomic E-state index is 14.5. The zero-order chi connectivity index (χ0) is 21.0. The molecular weight excluding hydrogens is 423 g/mol. The van der Waals surface area contributed by atoms with Crippen LogP contribution in [0.25, 0.3) is 0 Å². The number of hydrogen-bond donors (Lipinski definition) is 1. The fraction of sp³-hybridized carbons (Fsp3) is 0.174. The van der Waals surface area contributed by atoms with Gasteiger partial charge in [-0.25, -0.2) is 4.39 Å². The van der Waals surface area contributed by atoms with Gasteiger partial charge in [-0.1, -0.05) is 29.9 Å². The average Bonchev–Trinajstić information content (AvgIpc) is 3.15. The Labute approximate surface area is 183 Å². The number of anilines is 1. The third-order valence-corrected chi connectivity index (χ3v) is 5.94. The topological polar surface area (TPSA) is 37.6 Å². The highest BCUT2D eigenvalue weighted by Crippen LogP contribution is 2.41. The lowest BCUT2D eigenvalue weighted by Crippen LogP contribution is -2.49. The van der Waals surface area contributed by atoms with Crippen molar-refractivity contribution in [1.82, 2.24) is 5.32 Å². The molecule has 7 heteroatoms. The van der Waals surface area contributed by atoms with Crippen LogP contribution in [0.4, 0.5) is 10.1 Å². The summed E-state index contributed by atoms with van der Waals surface area (Å²) in [5.74, 6) is 2.41. The number of benzene rings is 2. The molecule has 1 aromatic heterocycles. The number of hydrogen-bond acceptors (Lipinski definition) is 4. The molecule has 4 nitrogen and oxygen atoms in total. The third-order valence-electron chi connectivity index (χ3n) is 5.34. The first kappa shape index (κ1) is 19.2. The molecule has 0 fully saturated rings. The van der Waals surface area contributed by atoms with E-state index in [2.05, 4.69) is 5.32 Å². The summed E-state index contributed by atoms with van der Waals surface area (Å²) in [7, 11) is 0. The van der Waals surface area contributed by atoms with Crippen molar-refractivity contribution in [3.8, 4) is 5.75 Å². The molecule has 1 N–H and O–H groups in total. The molecule has 0 amide bonds. The molecule has 2 aromatic carbocycles. The van der Waals surface area contributed by atoms with Gasteiger partial charge in [-0.3, -0.25) is 4.90 Å². The Kier molecular flexibility index (Phi) is 4.56. The van der Waals surface area contributed by atoms with Crippen LogP contribution in [0.5, 0.6) is 5.75 Å². The Balaban J connectivity index is 1.68. The molecule has 1 atom stereocenters. The fourth-order valence-electron chi connectivity index (χ4n) is 3.78. The second kappa shape index (κ2) is 7.15. The molecule has 3 heterocycles. The molecule has 1 unspecified atom stereocenters. The minimum atomic E-state index is -0.471. The van der Waals surface area contributed by atoms with Gasteiger partial charge in [-0.15, -0.1) is 0 Å². The Morgan fingerprint density at radius 3 is 2.70 bits per heavy atom. The van der Waals surface area contributed by atoms with Crippen LogP contribution in [0.3, 0.4) is 0 Å². The first-order chi connectivity index (χ1) is 14.4. The highest BCUT2D eigenvalue weighted by Gasteiger charge is 2.39. The molecule has 5 rings (SSSR count). The van der Waals surface area contributed by atoms with Crippen molar-refractivity contribution in [2.75, 3.05) is 4.90 Å². The molecule has 0 aliphatic carbocycles. The number of nitrogens with one attached hydrogen (secondary N) is 1. The molecule has 0 saturated heterocycles. The Morgan fingerprint density at radius 1 is 1.13 bits per heavy atom. The van der Waals surface area contributed by atoms with E-state index in [1.165, 1.54) is 6.07 Å². The number of fused-ring (bicyclic) bond motifs is 1. The van der Waals surface area contributed by atoms with Crippen molar-refractivity contribution < 1.29 is 13.5 Å². The third kappa shape index (κ3) is 3.16. The molecule has 0 spiro atoms. The number of aryl methyl sites for hydroxylation is 2. The average molecular weight is 441 g/mol. The molecule has 0 radical (unpaired) electrons. The van der Waals surface area contributed by atoms with Crippen molar-refractivity contribution >= 4 is 34.5 Å². The van der Waals surface area contributed by atoms with Gasteiger partial charge in [0, 0.05) is 22.7 Å². The molecule has 30 heavy (non-hydrogen) atoms. The first-order valence-corrected chi connectivity index (χ1v) is 10.3. The van der Waals surface area contributed by atoms with Gasteiger partial charge in [0.05, 0.1) is 5.57 Å². The van der Waals surface area contributed by atoms with Crippen LogP contribution in [0.2, 0.25) is 5.02 Å². The zero-order valence-corrected chi connectivity index (χ0v) is 17.9. The van der Waals surface area contributed by atoms with E-state index in [-0.39, 0.29) is 5.82 Å². The van der Waals surface area contributed by atoms with Crippen LogP contribution in [-0.4, -0.2) is 4.99 Å². The maximum Gasteiger partial charge on any atom is 0.209 e. The van der Waals surface area contributed by atoms with Gasteiger partial charge in [0.2, 0.25) is 5.88 Å². The van der Waals surface area contributed by atoms with Crippen LogP contribution in [0.1, 0.15) is 28.8 Å². The largest absolute Gasteiger partial charge is 0.462 e. The van der Waals surface area contributed by atoms with Gasteiger partial charge in [-0.2, -0.15) is 0 Å². The smallest absolute Gasteiger partial charge is 0.209 e. The zero-order valence-electron chi connectivity index (χ0n) is 16.3. The van der Waals surface area contributed by atoms with Gasteiger partial charge in [0.15, 0.2) is 6.17 Å². The van der Waals surface area contributed by atoms with Gasteiger partial charge < -0.3 is 14.5 Å². The van der Waals surface area contributed by atoms with Crippen molar-refractivity contribution in [2.45, 2.75) is 26.4 Å². The van der Waals surface area contributed by atoms with E-state index in [0.717, 1.165) is 16.9 Å². The Hall–Kier alpha value is -2.83. The van der Waals surface area contributed by atoms with E-state index in [9.17, 15) is 4.39 Å². The maximum atomic E-state index is 14.5. The summed E-state index contributed by atoms with van der Waals surface area (Å²) < 4.78 is 26.7. The van der Waals surface area contributed by atoms with Crippen LogP contribution in [0.15, 0.2) is 64.4 Å². The van der Waals surface area contributed by atoms with Crippen molar-refractivity contribution in [2.24, 2.45) is 0 Å². The lowest BCUT2D eigenvalue weighted by Gasteiger charge is -2.41. The summed E-state index contributed by atoms with van der Waals surface area (Å²) in [6.07, 6.45) is 0.0899. The lowest BCUT2D eigenvalue weighted by atomic mass is 9.99. The number of furan rings is 1. The number of rotatable bonds is 2. The number of halogens is 2. The highest BCUT2D eigenvalue weighted by atomic mass is 35.5. The van der Waals surface area contributed by atoms with E-state index in [1.54, 1.807) is 19.1 Å². The SMILES string of the molecule is Cc1ccc(C2NC(=S)C3=C(Oc4ccc(Cl)cc4C3)N2c2ccc(C)c(F)c2)o1. The van der Waals surface area contributed by atoms with Crippen LogP contribution >= 0.6 is 23.8 Å². The second-order valence-corrected chi connectivity index (χ2v) is 8.29. The summed E-state index contributed by atoms with van der Waals surface area (Å²) in [6.45, 7) is 3.61. The Bertz CT molecular complexity index is 1220. The number of thiocarbonyl (C=S) groups is 1. The number of nitrogens with zero attached hydrogens (tertiary/aromatic N) is 1. The van der Waals surface area contributed by atoms with E-state index in [0.29, 0.717) is 45.1 Å². The van der Waals surface area contributed by atoms with E-state index >= 15 is 0 Å². The molecule has 2 aliphatic heterocycles. The van der Waals surface area contributed by atoms with E-state index in [1.807, 2.05) is 42.2 Å². The number of ether oxygens (including phenoxy) is 1. The van der Waals surface area contributed by atoms with Crippen molar-refractivity contribution in [3.05, 3.63) is 93.5 Å². The van der Waals surface area contributed by atoms with Crippen LogP contribution < -0.4 is 15.0 Å². The predicted molar refractivity (Wildman–Crippen MR) is 118 cm³/mol. The minimum Gasteiger partial charge on any atom is -0.462 e. The van der Waals surface area contributed by atoms with E-state index in [4.69, 9.17) is 33.0 Å². The Morgan fingerprint density at radius 2 is 1.97 bits per heavy atom. The van der Waals surface area contributed by atoms with Crippen molar-refractivity contribution in [1.29, 1.82) is 0 Å². The minimum absolute atomic E-state index is 0.292. The quantitative estimate of drug-likeness (QED) is 0.497. The normalized spacial score (nSPS) is 17.9. The summed E-state index contributed by atoms with van der Waals surface area (Å²) in [4.78, 5) is 2.46.